The number of aromatic nitrogens is 1. The molecule has 0 aliphatic rings. The minimum atomic E-state index is -0.608. The van der Waals surface area contributed by atoms with E-state index in [4.69, 9.17) is 17.3 Å². The van der Waals surface area contributed by atoms with Crippen molar-refractivity contribution in [3.63, 3.8) is 0 Å². The number of halogens is 3. The number of pyridine rings is 1. The van der Waals surface area contributed by atoms with E-state index in [9.17, 15) is 4.39 Å². The van der Waals surface area contributed by atoms with Gasteiger partial charge in [0, 0.05) is 21.3 Å². The predicted octanol–water partition coefficient (Wildman–Crippen LogP) is 3.68. The first kappa shape index (κ1) is 12.5. The van der Waals surface area contributed by atoms with Crippen molar-refractivity contribution in [1.29, 1.82) is 0 Å². The topological polar surface area (TPSA) is 38.9 Å². The highest BCUT2D eigenvalue weighted by Crippen LogP contribution is 2.29. The molecule has 17 heavy (non-hydrogen) atoms. The zero-order valence-corrected chi connectivity index (χ0v) is 11.0. The van der Waals surface area contributed by atoms with Crippen LogP contribution in [0.25, 0.3) is 0 Å². The lowest BCUT2D eigenvalue weighted by atomic mass is 10.0. The standard InChI is InChI=1S/C12H9BrClFN2/c13-7-1-2-10(14)9(5-7)12(16)8-3-4-17-6-11(8)15/h1-6,12H,16H2. The maximum Gasteiger partial charge on any atom is 0.146 e. The Hall–Kier alpha value is -0.970. The van der Waals surface area contributed by atoms with Gasteiger partial charge in [-0.15, -0.1) is 0 Å². The molecule has 5 heteroatoms. The van der Waals surface area contributed by atoms with E-state index in [1.165, 1.54) is 6.20 Å². The summed E-state index contributed by atoms with van der Waals surface area (Å²) in [7, 11) is 0. The van der Waals surface area contributed by atoms with Crippen molar-refractivity contribution in [2.24, 2.45) is 5.73 Å². The largest absolute Gasteiger partial charge is 0.320 e. The second-order valence-electron chi connectivity index (χ2n) is 3.54. The third-order valence-corrected chi connectivity index (χ3v) is 3.27. The zero-order valence-electron chi connectivity index (χ0n) is 8.70. The van der Waals surface area contributed by atoms with E-state index in [0.29, 0.717) is 16.1 Å². The van der Waals surface area contributed by atoms with E-state index in [1.54, 1.807) is 18.2 Å². The molecule has 0 saturated carbocycles. The van der Waals surface area contributed by atoms with Crippen LogP contribution in [0.2, 0.25) is 5.02 Å². The van der Waals surface area contributed by atoms with Crippen molar-refractivity contribution in [2.45, 2.75) is 6.04 Å². The van der Waals surface area contributed by atoms with Crippen LogP contribution in [0.3, 0.4) is 0 Å². The molecule has 1 atom stereocenters. The SMILES string of the molecule is NC(c1ccncc1F)c1cc(Br)ccc1Cl. The molecule has 0 bridgehead atoms. The van der Waals surface area contributed by atoms with Gasteiger partial charge in [-0.05, 0) is 29.8 Å². The lowest BCUT2D eigenvalue weighted by Gasteiger charge is -2.15. The summed E-state index contributed by atoms with van der Waals surface area (Å²) in [6.45, 7) is 0. The van der Waals surface area contributed by atoms with E-state index in [-0.39, 0.29) is 0 Å². The van der Waals surface area contributed by atoms with E-state index >= 15 is 0 Å². The van der Waals surface area contributed by atoms with Crippen molar-refractivity contribution >= 4 is 27.5 Å². The van der Waals surface area contributed by atoms with Crippen molar-refractivity contribution in [2.75, 3.05) is 0 Å². The van der Waals surface area contributed by atoms with Crippen LogP contribution in [0.4, 0.5) is 4.39 Å². The van der Waals surface area contributed by atoms with Crippen molar-refractivity contribution in [3.8, 4) is 0 Å². The van der Waals surface area contributed by atoms with Crippen LogP contribution in [0.1, 0.15) is 17.2 Å². The summed E-state index contributed by atoms with van der Waals surface area (Å²) in [6.07, 6.45) is 2.64. The Morgan fingerprint density at radius 3 is 2.76 bits per heavy atom. The average Bonchev–Trinajstić information content (AvgIpc) is 2.32. The van der Waals surface area contributed by atoms with Crippen LogP contribution in [-0.2, 0) is 0 Å². The molecule has 2 rings (SSSR count). The van der Waals surface area contributed by atoms with Gasteiger partial charge in [0.1, 0.15) is 5.82 Å². The normalized spacial score (nSPS) is 12.5. The molecular weight excluding hydrogens is 307 g/mol. The van der Waals surface area contributed by atoms with Gasteiger partial charge in [-0.2, -0.15) is 0 Å². The molecule has 1 aromatic carbocycles. The lowest BCUT2D eigenvalue weighted by molar-refractivity contribution is 0.593. The maximum absolute atomic E-state index is 13.6. The third-order valence-electron chi connectivity index (χ3n) is 2.43. The summed E-state index contributed by atoms with van der Waals surface area (Å²) < 4.78 is 14.4. The molecular formula is C12H9BrClFN2. The Labute approximate surface area is 112 Å². The predicted molar refractivity (Wildman–Crippen MR) is 69.4 cm³/mol. The highest BCUT2D eigenvalue weighted by atomic mass is 79.9. The summed E-state index contributed by atoms with van der Waals surface area (Å²) in [6, 6.07) is 6.26. The number of benzene rings is 1. The molecule has 0 aliphatic carbocycles. The third kappa shape index (κ3) is 2.65. The number of hydrogen-bond donors (Lipinski definition) is 1. The molecule has 0 saturated heterocycles. The summed E-state index contributed by atoms with van der Waals surface area (Å²) in [5.41, 5.74) is 7.06. The minimum absolute atomic E-state index is 0.375. The molecule has 2 N–H and O–H groups in total. The number of nitrogens with two attached hydrogens (primary N) is 1. The fourth-order valence-electron chi connectivity index (χ4n) is 1.56. The van der Waals surface area contributed by atoms with Crippen LogP contribution in [0.5, 0.6) is 0 Å². The highest BCUT2D eigenvalue weighted by molar-refractivity contribution is 9.10. The van der Waals surface area contributed by atoms with Crippen molar-refractivity contribution in [3.05, 3.63) is 63.1 Å². The molecule has 1 aromatic heterocycles. The molecule has 88 valence electrons. The van der Waals surface area contributed by atoms with Crippen molar-refractivity contribution < 1.29 is 4.39 Å². The molecule has 2 nitrogen and oxygen atoms in total. The van der Waals surface area contributed by atoms with Gasteiger partial charge in [0.2, 0.25) is 0 Å². The highest BCUT2D eigenvalue weighted by Gasteiger charge is 2.16. The number of nitrogens with zero attached hydrogens (tertiary/aromatic N) is 1. The first-order valence-electron chi connectivity index (χ1n) is 4.89. The van der Waals surface area contributed by atoms with Gasteiger partial charge in [0.15, 0.2) is 0 Å². The fourth-order valence-corrected chi connectivity index (χ4v) is 2.17. The number of hydrogen-bond acceptors (Lipinski definition) is 2. The van der Waals surface area contributed by atoms with E-state index in [0.717, 1.165) is 10.7 Å². The van der Waals surface area contributed by atoms with Crippen LogP contribution in [-0.4, -0.2) is 4.98 Å². The maximum atomic E-state index is 13.6. The first-order chi connectivity index (χ1) is 8.09. The Morgan fingerprint density at radius 2 is 2.06 bits per heavy atom. The van der Waals surface area contributed by atoms with Crippen LogP contribution < -0.4 is 5.73 Å². The van der Waals surface area contributed by atoms with Gasteiger partial charge in [-0.3, -0.25) is 4.98 Å². The number of rotatable bonds is 2. The summed E-state index contributed by atoms with van der Waals surface area (Å²) in [4.78, 5) is 3.69. The molecule has 0 amide bonds. The van der Waals surface area contributed by atoms with Gasteiger partial charge >= 0.3 is 0 Å². The van der Waals surface area contributed by atoms with Crippen LogP contribution >= 0.6 is 27.5 Å². The average molecular weight is 316 g/mol. The first-order valence-corrected chi connectivity index (χ1v) is 6.06. The Bertz CT molecular complexity index is 548. The molecule has 1 unspecified atom stereocenters. The Morgan fingerprint density at radius 1 is 1.29 bits per heavy atom. The second kappa shape index (κ2) is 5.12. The van der Waals surface area contributed by atoms with Gasteiger partial charge in [-0.25, -0.2) is 4.39 Å². The zero-order chi connectivity index (χ0) is 12.4. The Kier molecular flexibility index (Phi) is 3.76. The molecule has 2 aromatic rings. The van der Waals surface area contributed by atoms with Crippen LogP contribution in [0.15, 0.2) is 41.1 Å². The van der Waals surface area contributed by atoms with Gasteiger partial charge in [0.25, 0.3) is 0 Å². The molecule has 0 radical (unpaired) electrons. The van der Waals surface area contributed by atoms with E-state index in [1.807, 2.05) is 6.07 Å². The summed E-state index contributed by atoms with van der Waals surface area (Å²) in [5.74, 6) is -0.434. The molecule has 0 aliphatic heterocycles. The van der Waals surface area contributed by atoms with Gasteiger partial charge < -0.3 is 5.73 Å². The Balaban J connectivity index is 2.47. The molecule has 0 fully saturated rings. The minimum Gasteiger partial charge on any atom is -0.320 e. The quantitative estimate of drug-likeness (QED) is 0.918. The summed E-state index contributed by atoms with van der Waals surface area (Å²) in [5, 5.41) is 0.511. The van der Waals surface area contributed by atoms with E-state index in [2.05, 4.69) is 20.9 Å². The molecule has 0 spiro atoms. The molecule has 1 heterocycles. The lowest BCUT2D eigenvalue weighted by Crippen LogP contribution is -2.14. The van der Waals surface area contributed by atoms with E-state index < -0.39 is 11.9 Å². The van der Waals surface area contributed by atoms with Gasteiger partial charge in [0.05, 0.1) is 12.2 Å². The second-order valence-corrected chi connectivity index (χ2v) is 4.86. The van der Waals surface area contributed by atoms with Gasteiger partial charge in [-0.1, -0.05) is 27.5 Å². The summed E-state index contributed by atoms with van der Waals surface area (Å²) >= 11 is 9.39. The van der Waals surface area contributed by atoms with Crippen molar-refractivity contribution in [1.82, 2.24) is 4.98 Å². The fraction of sp³-hybridized carbons (Fsp3) is 0.0833. The smallest absolute Gasteiger partial charge is 0.146 e. The van der Waals surface area contributed by atoms with Crippen LogP contribution in [0, 0.1) is 5.82 Å². The monoisotopic (exact) mass is 314 g/mol.